The molecule has 0 saturated heterocycles. The molecular weight excluding hydrogens is 580 g/mol. The summed E-state index contributed by atoms with van der Waals surface area (Å²) in [5.74, 6) is 0. The Morgan fingerprint density at radius 2 is 1.43 bits per heavy atom. The van der Waals surface area contributed by atoms with Gasteiger partial charge in [-0.3, -0.25) is 10.8 Å². The van der Waals surface area contributed by atoms with E-state index in [0.29, 0.717) is 56.1 Å². The smallest absolute Gasteiger partial charge is 0.117 e. The Hall–Kier alpha value is -7.03. The predicted molar refractivity (Wildman–Crippen MR) is 190 cm³/mol. The lowest BCUT2D eigenvalue weighted by Gasteiger charge is -2.25. The first kappa shape index (κ1) is 28.7. The van der Waals surface area contributed by atoms with Crippen molar-refractivity contribution in [2.75, 3.05) is 16.9 Å². The topological polar surface area (TPSA) is 161 Å². The number of para-hydroxylation sites is 1. The highest BCUT2D eigenvalue weighted by molar-refractivity contribution is 6.66. The minimum atomic E-state index is 0.150. The first-order valence-corrected chi connectivity index (χ1v) is 14.8. The number of anilines is 3. The molecule has 6 N–H and O–H groups in total. The van der Waals surface area contributed by atoms with E-state index in [-0.39, 0.29) is 11.3 Å². The Morgan fingerprint density at radius 3 is 2.13 bits per heavy atom. The van der Waals surface area contributed by atoms with Crippen molar-refractivity contribution < 1.29 is 0 Å². The molecule has 0 unspecified atom stereocenters. The second-order valence-electron chi connectivity index (χ2n) is 11.1. The first-order valence-electron chi connectivity index (χ1n) is 14.8. The lowest BCUT2D eigenvalue weighted by Crippen LogP contribution is -2.24. The number of nitrogens with one attached hydrogen (secondary N) is 2. The number of pyridine rings is 1. The van der Waals surface area contributed by atoms with Crippen molar-refractivity contribution in [3.05, 3.63) is 143 Å². The van der Waals surface area contributed by atoms with Gasteiger partial charge in [0.25, 0.3) is 0 Å². The number of allylic oxidation sites excluding steroid dienone is 1. The predicted octanol–water partition coefficient (Wildman–Crippen LogP) is 7.87. The molecule has 1 aliphatic carbocycles. The number of hydrogen-bond acceptors (Lipinski definition) is 8. The van der Waals surface area contributed by atoms with Crippen LogP contribution in [0.3, 0.4) is 0 Å². The van der Waals surface area contributed by atoms with E-state index in [1.807, 2.05) is 97.1 Å². The lowest BCUT2D eigenvalue weighted by atomic mass is 9.80. The van der Waals surface area contributed by atoms with Crippen molar-refractivity contribution >= 4 is 51.0 Å². The van der Waals surface area contributed by atoms with Gasteiger partial charge < -0.3 is 11.5 Å². The van der Waals surface area contributed by atoms with Crippen molar-refractivity contribution in [1.82, 2.24) is 4.98 Å². The van der Waals surface area contributed by atoms with Crippen LogP contribution in [0.4, 0.5) is 17.1 Å². The number of aromatic nitrogens is 1. The number of hydrazone groups is 1. The molecule has 47 heavy (non-hydrogen) atoms. The molecule has 0 amide bonds. The summed E-state index contributed by atoms with van der Waals surface area (Å²) in [5.41, 5.74) is 24.9. The van der Waals surface area contributed by atoms with Crippen molar-refractivity contribution in [1.29, 1.82) is 15.9 Å². The molecule has 222 valence electrons. The van der Waals surface area contributed by atoms with Gasteiger partial charge in [-0.2, -0.15) is 15.6 Å². The van der Waals surface area contributed by atoms with Gasteiger partial charge in [-0.25, -0.2) is 4.98 Å². The third-order valence-electron chi connectivity index (χ3n) is 8.10. The number of nitrogens with two attached hydrogens (primary N) is 2. The maximum Gasteiger partial charge on any atom is 0.117 e. The standard InChI is InChI=1S/C39H26N8/c40-21-23-11-13-24(14-12-23)26-15-16-30-34(18-26)45-38(25-7-3-1-4-8-25)32-20-31(35-27(22-41)17-28(42)19-33(35)43)39(37(44)36(30)32)47-46-29-9-5-2-6-10-29/h1-20,44,46H,42-43H2/b44-37?,47-39-. The molecule has 6 aromatic rings. The van der Waals surface area contributed by atoms with Crippen LogP contribution in [0.2, 0.25) is 0 Å². The second-order valence-corrected chi connectivity index (χ2v) is 11.1. The van der Waals surface area contributed by atoms with Gasteiger partial charge in [0.15, 0.2) is 0 Å². The van der Waals surface area contributed by atoms with Crippen molar-refractivity contribution in [3.8, 4) is 34.5 Å². The van der Waals surface area contributed by atoms with E-state index in [2.05, 4.69) is 17.6 Å². The van der Waals surface area contributed by atoms with Gasteiger partial charge in [0.05, 0.1) is 45.9 Å². The normalized spacial score (nSPS) is 13.0. The van der Waals surface area contributed by atoms with Gasteiger partial charge in [0.2, 0.25) is 0 Å². The van der Waals surface area contributed by atoms with Crippen molar-refractivity contribution in [2.45, 2.75) is 0 Å². The van der Waals surface area contributed by atoms with Crippen LogP contribution in [0.1, 0.15) is 27.8 Å². The Kier molecular flexibility index (Phi) is 7.22. The number of benzene rings is 5. The summed E-state index contributed by atoms with van der Waals surface area (Å²) in [5, 5.41) is 34.6. The largest absolute Gasteiger partial charge is 0.399 e. The Balaban J connectivity index is 1.53. The summed E-state index contributed by atoms with van der Waals surface area (Å²) in [6, 6.07) is 40.2. The van der Waals surface area contributed by atoms with E-state index >= 15 is 0 Å². The Morgan fingerprint density at radius 1 is 0.723 bits per heavy atom. The zero-order valence-corrected chi connectivity index (χ0v) is 25.0. The quantitative estimate of drug-likeness (QED) is 0.115. The van der Waals surface area contributed by atoms with Crippen LogP contribution in [0.25, 0.3) is 44.9 Å². The van der Waals surface area contributed by atoms with Crippen LogP contribution in [0.15, 0.2) is 120 Å². The van der Waals surface area contributed by atoms with E-state index in [0.717, 1.165) is 27.8 Å². The highest BCUT2D eigenvalue weighted by Crippen LogP contribution is 2.41. The van der Waals surface area contributed by atoms with Crippen LogP contribution >= 0.6 is 0 Å². The number of nitriles is 2. The van der Waals surface area contributed by atoms with E-state index in [1.165, 1.54) is 0 Å². The molecule has 0 aliphatic heterocycles. The molecule has 0 fully saturated rings. The van der Waals surface area contributed by atoms with Crippen LogP contribution < -0.4 is 16.9 Å². The molecule has 0 saturated carbocycles. The zero-order valence-electron chi connectivity index (χ0n) is 25.0. The minimum absolute atomic E-state index is 0.150. The molecule has 8 heteroatoms. The summed E-state index contributed by atoms with van der Waals surface area (Å²) in [6.07, 6.45) is 1.92. The molecular formula is C39H26N8. The number of nitrogens with zero attached hydrogens (tertiary/aromatic N) is 4. The molecule has 7 rings (SSSR count). The Labute approximate surface area is 271 Å². The van der Waals surface area contributed by atoms with E-state index in [4.69, 9.17) is 21.6 Å². The van der Waals surface area contributed by atoms with Crippen molar-refractivity contribution in [2.24, 2.45) is 5.10 Å². The van der Waals surface area contributed by atoms with E-state index in [1.54, 1.807) is 24.3 Å². The first-order chi connectivity index (χ1) is 22.9. The highest BCUT2D eigenvalue weighted by Gasteiger charge is 2.31. The van der Waals surface area contributed by atoms with Crippen molar-refractivity contribution in [3.63, 3.8) is 0 Å². The Bertz CT molecular complexity index is 2360. The zero-order chi connectivity index (χ0) is 32.5. The lowest BCUT2D eigenvalue weighted by molar-refractivity contribution is 1.33. The molecule has 8 nitrogen and oxygen atoms in total. The summed E-state index contributed by atoms with van der Waals surface area (Å²) < 4.78 is 0. The molecule has 0 spiro atoms. The van der Waals surface area contributed by atoms with Gasteiger partial charge >= 0.3 is 0 Å². The molecule has 0 bridgehead atoms. The third kappa shape index (κ3) is 5.22. The number of rotatable bonds is 5. The molecule has 1 aliphatic rings. The third-order valence-corrected chi connectivity index (χ3v) is 8.10. The highest BCUT2D eigenvalue weighted by atomic mass is 15.3. The second kappa shape index (κ2) is 11.8. The molecule has 1 heterocycles. The van der Waals surface area contributed by atoms with E-state index in [9.17, 15) is 15.9 Å². The van der Waals surface area contributed by atoms with Gasteiger partial charge in [-0.05, 0) is 59.7 Å². The van der Waals surface area contributed by atoms with Crippen LogP contribution in [0.5, 0.6) is 0 Å². The number of nitrogen functional groups attached to an aromatic ring is 2. The van der Waals surface area contributed by atoms with Crippen LogP contribution in [-0.4, -0.2) is 16.4 Å². The average molecular weight is 607 g/mol. The summed E-state index contributed by atoms with van der Waals surface area (Å²) >= 11 is 0. The number of fused-ring (bicyclic) bond motifs is 3. The molecule has 0 radical (unpaired) electrons. The fourth-order valence-corrected chi connectivity index (χ4v) is 5.90. The minimum Gasteiger partial charge on any atom is -0.399 e. The molecule has 5 aromatic carbocycles. The van der Waals surface area contributed by atoms with Gasteiger partial charge in [0.1, 0.15) is 5.71 Å². The fourth-order valence-electron chi connectivity index (χ4n) is 5.90. The number of hydrogen-bond donors (Lipinski definition) is 4. The fraction of sp³-hybridized carbons (Fsp3) is 0. The maximum atomic E-state index is 10.2. The molecule has 1 aromatic heterocycles. The summed E-state index contributed by atoms with van der Waals surface area (Å²) in [6.45, 7) is 0. The van der Waals surface area contributed by atoms with E-state index < -0.39 is 0 Å². The van der Waals surface area contributed by atoms with Crippen LogP contribution in [-0.2, 0) is 0 Å². The average Bonchev–Trinajstić information content (AvgIpc) is 3.11. The monoisotopic (exact) mass is 606 g/mol. The van der Waals surface area contributed by atoms with Crippen LogP contribution in [0, 0.1) is 28.1 Å². The molecule has 0 atom stereocenters. The maximum absolute atomic E-state index is 10.2. The van der Waals surface area contributed by atoms with Gasteiger partial charge in [0, 0.05) is 44.6 Å². The SMILES string of the molecule is N#Cc1ccc(-c2ccc3c4c(c(-c5ccccc5)nc3c2)C=C(c2c(N)cc(N)cc2C#N)/C(=N/Nc2ccccc2)C4=N)cc1. The van der Waals surface area contributed by atoms with Gasteiger partial charge in [-0.1, -0.05) is 72.8 Å². The summed E-state index contributed by atoms with van der Waals surface area (Å²) in [4.78, 5) is 5.17. The summed E-state index contributed by atoms with van der Waals surface area (Å²) in [7, 11) is 0. The van der Waals surface area contributed by atoms with Gasteiger partial charge in [-0.15, -0.1) is 0 Å².